The van der Waals surface area contributed by atoms with Gasteiger partial charge in [-0.05, 0) is 18.2 Å². The first-order valence-corrected chi connectivity index (χ1v) is 6.22. The van der Waals surface area contributed by atoms with Crippen molar-refractivity contribution < 1.29 is 9.90 Å². The Morgan fingerprint density at radius 2 is 2.20 bits per heavy atom. The summed E-state index contributed by atoms with van der Waals surface area (Å²) in [6.07, 6.45) is 0.482. The predicted octanol–water partition coefficient (Wildman–Crippen LogP) is 2.65. The highest BCUT2D eigenvalue weighted by atomic mass is 79.9. The summed E-state index contributed by atoms with van der Waals surface area (Å²) in [6.45, 7) is 0.605. The SMILES string of the molecule is O=C1CC(Br)CN1c1ccc(Br)cc1O. The van der Waals surface area contributed by atoms with Crippen LogP contribution in [0.15, 0.2) is 22.7 Å². The fraction of sp³-hybridized carbons (Fsp3) is 0.300. The van der Waals surface area contributed by atoms with E-state index in [1.165, 1.54) is 0 Å². The minimum Gasteiger partial charge on any atom is -0.506 e. The number of hydrogen-bond donors (Lipinski definition) is 1. The highest BCUT2D eigenvalue weighted by Crippen LogP contribution is 2.34. The minimum absolute atomic E-state index is 0.0366. The first kappa shape index (κ1) is 11.0. The molecule has 2 rings (SSSR count). The topological polar surface area (TPSA) is 40.5 Å². The lowest BCUT2D eigenvalue weighted by Gasteiger charge is -2.17. The van der Waals surface area contributed by atoms with Crippen molar-refractivity contribution in [2.45, 2.75) is 11.2 Å². The van der Waals surface area contributed by atoms with Gasteiger partial charge in [0, 0.05) is 22.3 Å². The number of anilines is 1. The molecule has 0 radical (unpaired) electrons. The van der Waals surface area contributed by atoms with Gasteiger partial charge in [0.2, 0.25) is 5.91 Å². The number of hydrogen-bond acceptors (Lipinski definition) is 2. The van der Waals surface area contributed by atoms with Crippen LogP contribution in [-0.2, 0) is 4.79 Å². The van der Waals surface area contributed by atoms with Crippen LogP contribution in [0.3, 0.4) is 0 Å². The third-order valence-electron chi connectivity index (χ3n) is 2.31. The average molecular weight is 335 g/mol. The van der Waals surface area contributed by atoms with Gasteiger partial charge in [-0.1, -0.05) is 31.9 Å². The van der Waals surface area contributed by atoms with Gasteiger partial charge in [0.05, 0.1) is 5.69 Å². The van der Waals surface area contributed by atoms with E-state index in [0.717, 1.165) is 4.47 Å². The van der Waals surface area contributed by atoms with E-state index in [-0.39, 0.29) is 16.5 Å². The van der Waals surface area contributed by atoms with Crippen LogP contribution in [0, 0.1) is 0 Å². The van der Waals surface area contributed by atoms with Crippen molar-refractivity contribution in [2.24, 2.45) is 0 Å². The normalized spacial score (nSPS) is 21.1. The standard InChI is InChI=1S/C10H9Br2NO2/c11-6-1-2-8(9(14)3-6)13-5-7(12)4-10(13)15/h1-3,7,14H,4-5H2. The molecule has 0 spiro atoms. The monoisotopic (exact) mass is 333 g/mol. The molecule has 0 aromatic heterocycles. The lowest BCUT2D eigenvalue weighted by Crippen LogP contribution is -2.24. The summed E-state index contributed by atoms with van der Waals surface area (Å²) in [7, 11) is 0. The number of halogens is 2. The van der Waals surface area contributed by atoms with E-state index in [9.17, 15) is 9.90 Å². The molecule has 1 N–H and O–H groups in total. The second-order valence-corrected chi connectivity index (χ2v) is 5.65. The van der Waals surface area contributed by atoms with E-state index in [0.29, 0.717) is 18.7 Å². The molecule has 80 valence electrons. The fourth-order valence-electron chi connectivity index (χ4n) is 1.62. The summed E-state index contributed by atoms with van der Waals surface area (Å²) < 4.78 is 0.797. The minimum atomic E-state index is 0.0366. The van der Waals surface area contributed by atoms with Crippen LogP contribution in [0.25, 0.3) is 0 Å². The molecule has 0 aliphatic carbocycles. The third-order valence-corrected chi connectivity index (χ3v) is 3.41. The molecule has 1 aromatic carbocycles. The van der Waals surface area contributed by atoms with Crippen LogP contribution in [0.2, 0.25) is 0 Å². The van der Waals surface area contributed by atoms with Gasteiger partial charge in [-0.3, -0.25) is 4.79 Å². The summed E-state index contributed by atoms with van der Waals surface area (Å²) in [6, 6.07) is 5.14. The summed E-state index contributed by atoms with van der Waals surface area (Å²) >= 11 is 6.66. The van der Waals surface area contributed by atoms with Crippen LogP contribution in [0.1, 0.15) is 6.42 Å². The number of alkyl halides is 1. The van der Waals surface area contributed by atoms with Gasteiger partial charge in [0.15, 0.2) is 0 Å². The number of amides is 1. The first-order chi connectivity index (χ1) is 7.08. The molecule has 0 bridgehead atoms. The Bertz CT molecular complexity index is 408. The van der Waals surface area contributed by atoms with Crippen LogP contribution in [-0.4, -0.2) is 22.4 Å². The van der Waals surface area contributed by atoms with Crippen LogP contribution in [0.5, 0.6) is 5.75 Å². The number of rotatable bonds is 1. The van der Waals surface area contributed by atoms with Gasteiger partial charge in [0.1, 0.15) is 5.75 Å². The van der Waals surface area contributed by atoms with Gasteiger partial charge < -0.3 is 10.0 Å². The molecule has 1 amide bonds. The zero-order valence-electron chi connectivity index (χ0n) is 7.78. The summed E-state index contributed by atoms with van der Waals surface area (Å²) in [5, 5.41) is 9.72. The zero-order valence-corrected chi connectivity index (χ0v) is 11.0. The Morgan fingerprint density at radius 3 is 2.73 bits per heavy atom. The Hall–Kier alpha value is -0.550. The number of nitrogens with zero attached hydrogens (tertiary/aromatic N) is 1. The second kappa shape index (κ2) is 4.14. The van der Waals surface area contributed by atoms with E-state index in [4.69, 9.17) is 0 Å². The molecule has 0 saturated carbocycles. The number of aromatic hydroxyl groups is 1. The smallest absolute Gasteiger partial charge is 0.228 e. The Labute approximate surface area is 104 Å². The predicted molar refractivity (Wildman–Crippen MR) is 65.5 cm³/mol. The number of carbonyl (C=O) groups excluding carboxylic acids is 1. The summed E-state index contributed by atoms with van der Waals surface area (Å²) in [5.74, 6) is 0.161. The lowest BCUT2D eigenvalue weighted by atomic mass is 10.2. The van der Waals surface area contributed by atoms with Crippen LogP contribution < -0.4 is 4.90 Å². The van der Waals surface area contributed by atoms with Crippen molar-refractivity contribution in [2.75, 3.05) is 11.4 Å². The molecule has 5 heteroatoms. The van der Waals surface area contributed by atoms with E-state index in [1.54, 1.807) is 17.0 Å². The van der Waals surface area contributed by atoms with E-state index in [2.05, 4.69) is 31.9 Å². The quantitative estimate of drug-likeness (QED) is 0.802. The van der Waals surface area contributed by atoms with Crippen molar-refractivity contribution in [1.29, 1.82) is 0 Å². The largest absolute Gasteiger partial charge is 0.506 e. The molecule has 1 fully saturated rings. The number of phenolic OH excluding ortho intramolecular Hbond substituents is 1. The Morgan fingerprint density at radius 1 is 1.47 bits per heavy atom. The Kier molecular flexibility index (Phi) is 3.02. The van der Waals surface area contributed by atoms with Crippen molar-refractivity contribution in [1.82, 2.24) is 0 Å². The van der Waals surface area contributed by atoms with Gasteiger partial charge >= 0.3 is 0 Å². The van der Waals surface area contributed by atoms with Crippen LogP contribution in [0.4, 0.5) is 5.69 Å². The van der Waals surface area contributed by atoms with Gasteiger partial charge in [0.25, 0.3) is 0 Å². The molecule has 1 atom stereocenters. The average Bonchev–Trinajstić information content (AvgIpc) is 2.45. The molecule has 15 heavy (non-hydrogen) atoms. The number of phenols is 1. The van der Waals surface area contributed by atoms with E-state index >= 15 is 0 Å². The molecular formula is C10H9Br2NO2. The summed E-state index contributed by atoms with van der Waals surface area (Å²) in [4.78, 5) is 13.4. The highest BCUT2D eigenvalue weighted by molar-refractivity contribution is 9.10. The number of carbonyl (C=O) groups is 1. The van der Waals surface area contributed by atoms with Crippen molar-refractivity contribution in [3.63, 3.8) is 0 Å². The fourth-order valence-corrected chi connectivity index (χ4v) is 2.54. The van der Waals surface area contributed by atoms with E-state index in [1.807, 2.05) is 6.07 Å². The van der Waals surface area contributed by atoms with Crippen molar-refractivity contribution in [3.05, 3.63) is 22.7 Å². The molecule has 1 unspecified atom stereocenters. The molecular weight excluding hydrogens is 326 g/mol. The molecule has 1 aliphatic heterocycles. The molecule has 1 aliphatic rings. The van der Waals surface area contributed by atoms with Crippen LogP contribution >= 0.6 is 31.9 Å². The maximum atomic E-state index is 11.6. The molecule has 1 saturated heterocycles. The second-order valence-electron chi connectivity index (χ2n) is 3.44. The Balaban J connectivity index is 2.34. The third kappa shape index (κ3) is 2.18. The summed E-state index contributed by atoms with van der Waals surface area (Å²) in [5.41, 5.74) is 0.574. The van der Waals surface area contributed by atoms with Crippen molar-refractivity contribution >= 4 is 43.5 Å². The maximum Gasteiger partial charge on any atom is 0.228 e. The lowest BCUT2D eigenvalue weighted by molar-refractivity contribution is -0.117. The molecule has 3 nitrogen and oxygen atoms in total. The highest BCUT2D eigenvalue weighted by Gasteiger charge is 2.30. The van der Waals surface area contributed by atoms with Gasteiger partial charge in [-0.25, -0.2) is 0 Å². The number of benzene rings is 1. The molecule has 1 heterocycles. The van der Waals surface area contributed by atoms with Gasteiger partial charge in [-0.2, -0.15) is 0 Å². The van der Waals surface area contributed by atoms with Gasteiger partial charge in [-0.15, -0.1) is 0 Å². The van der Waals surface area contributed by atoms with Crippen molar-refractivity contribution in [3.8, 4) is 5.75 Å². The maximum absolute atomic E-state index is 11.6. The molecule has 1 aromatic rings. The van der Waals surface area contributed by atoms with E-state index < -0.39 is 0 Å². The zero-order chi connectivity index (χ0) is 11.0. The first-order valence-electron chi connectivity index (χ1n) is 4.51.